The van der Waals surface area contributed by atoms with E-state index >= 15 is 0 Å². The normalized spacial score (nSPS) is 19.8. The molecule has 1 aliphatic rings. The number of fused-ring (bicyclic) bond motifs is 4. The fourth-order valence-electron chi connectivity index (χ4n) is 4.50. The number of benzene rings is 2. The van der Waals surface area contributed by atoms with Gasteiger partial charge in [-0.25, -0.2) is 18.1 Å². The van der Waals surface area contributed by atoms with Crippen LogP contribution in [0.2, 0.25) is 0 Å². The van der Waals surface area contributed by atoms with E-state index in [1.165, 1.54) is 0 Å². The number of rotatable bonds is 2. The molecule has 3 aromatic rings. The Balaban J connectivity index is 1.87. The van der Waals surface area contributed by atoms with E-state index in [0.717, 1.165) is 28.7 Å². The molecular weight excluding hydrogens is 448 g/mol. The maximum Gasteiger partial charge on any atom is 0.264 e. The number of hydrogen-bond acceptors (Lipinski definition) is 6. The van der Waals surface area contributed by atoms with Gasteiger partial charge in [-0.1, -0.05) is 51.1 Å². The molecule has 2 atom stereocenters. The average Bonchev–Trinajstić information content (AvgIpc) is 2.74. The van der Waals surface area contributed by atoms with Gasteiger partial charge in [-0.15, -0.1) is 0 Å². The fourth-order valence-corrected chi connectivity index (χ4v) is 5.50. The Morgan fingerprint density at radius 3 is 2.41 bits per heavy atom. The van der Waals surface area contributed by atoms with Crippen LogP contribution in [0.1, 0.15) is 49.9 Å². The first kappa shape index (κ1) is 24.2. The van der Waals surface area contributed by atoms with Gasteiger partial charge in [0.1, 0.15) is 0 Å². The molecule has 0 radical (unpaired) electrons. The summed E-state index contributed by atoms with van der Waals surface area (Å²) in [6.45, 7) is 10.8. The van der Waals surface area contributed by atoms with E-state index in [4.69, 9.17) is 10.5 Å². The molecule has 2 aromatic carbocycles. The van der Waals surface area contributed by atoms with E-state index in [1.807, 2.05) is 38.1 Å². The SMILES string of the molecule is Cc1cccc(C)c1-c1cc2nc(n1)NS(=O)(=O)c1cccc(c1)C(N)[C@H](CC(C)(C)C)CO2. The van der Waals surface area contributed by atoms with Crippen LogP contribution in [-0.4, -0.2) is 25.0 Å². The van der Waals surface area contributed by atoms with Crippen molar-refractivity contribution in [3.8, 4) is 17.1 Å². The Labute approximate surface area is 201 Å². The highest BCUT2D eigenvalue weighted by molar-refractivity contribution is 7.92. The van der Waals surface area contributed by atoms with Gasteiger partial charge in [-0.3, -0.25) is 0 Å². The highest BCUT2D eigenvalue weighted by Crippen LogP contribution is 2.35. The number of aryl methyl sites for hydroxylation is 2. The zero-order valence-corrected chi connectivity index (χ0v) is 21.1. The van der Waals surface area contributed by atoms with E-state index in [-0.39, 0.29) is 22.2 Å². The van der Waals surface area contributed by atoms with Crippen molar-refractivity contribution >= 4 is 16.0 Å². The van der Waals surface area contributed by atoms with Gasteiger partial charge in [-0.05, 0) is 54.5 Å². The van der Waals surface area contributed by atoms with Crippen molar-refractivity contribution in [2.24, 2.45) is 17.1 Å². The summed E-state index contributed by atoms with van der Waals surface area (Å²) in [5.74, 6) is 0.228. The maximum atomic E-state index is 13.2. The van der Waals surface area contributed by atoms with Crippen molar-refractivity contribution in [3.05, 3.63) is 65.2 Å². The molecule has 3 N–H and O–H groups in total. The second kappa shape index (κ2) is 9.00. The van der Waals surface area contributed by atoms with Crippen LogP contribution < -0.4 is 15.2 Å². The number of aromatic nitrogens is 2. The predicted molar refractivity (Wildman–Crippen MR) is 134 cm³/mol. The molecule has 0 saturated carbocycles. The molecule has 4 rings (SSSR count). The number of hydrogen-bond donors (Lipinski definition) is 2. The van der Waals surface area contributed by atoms with E-state index in [2.05, 4.69) is 35.5 Å². The summed E-state index contributed by atoms with van der Waals surface area (Å²) in [6.07, 6.45) is 0.797. The summed E-state index contributed by atoms with van der Waals surface area (Å²) in [5, 5.41) is 0. The third-order valence-corrected chi connectivity index (χ3v) is 7.37. The Morgan fingerprint density at radius 1 is 1.06 bits per heavy atom. The zero-order valence-electron chi connectivity index (χ0n) is 20.3. The molecule has 0 spiro atoms. The summed E-state index contributed by atoms with van der Waals surface area (Å²) < 4.78 is 35.1. The van der Waals surface area contributed by atoms with Gasteiger partial charge in [0.2, 0.25) is 11.8 Å². The lowest BCUT2D eigenvalue weighted by Gasteiger charge is -2.31. The third kappa shape index (κ3) is 5.23. The molecule has 0 saturated heterocycles. The van der Waals surface area contributed by atoms with Crippen LogP contribution in [0.4, 0.5) is 5.95 Å². The van der Waals surface area contributed by atoms with Gasteiger partial charge < -0.3 is 10.5 Å². The predicted octanol–water partition coefficient (Wildman–Crippen LogP) is 5.01. The molecule has 1 aromatic heterocycles. The molecule has 0 aliphatic carbocycles. The van der Waals surface area contributed by atoms with Crippen molar-refractivity contribution < 1.29 is 13.2 Å². The number of ether oxygens (including phenoxy) is 1. The second-order valence-electron chi connectivity index (χ2n) is 10.2. The first-order valence-electron chi connectivity index (χ1n) is 11.4. The number of sulfonamides is 1. The van der Waals surface area contributed by atoms with E-state index in [9.17, 15) is 8.42 Å². The van der Waals surface area contributed by atoms with Crippen LogP contribution in [0.3, 0.4) is 0 Å². The molecule has 1 aliphatic heterocycles. The second-order valence-corrected chi connectivity index (χ2v) is 11.9. The molecule has 4 bridgehead atoms. The van der Waals surface area contributed by atoms with Crippen molar-refractivity contribution in [1.82, 2.24) is 9.97 Å². The van der Waals surface area contributed by atoms with Gasteiger partial charge in [0.15, 0.2) is 0 Å². The lowest BCUT2D eigenvalue weighted by atomic mass is 9.80. The van der Waals surface area contributed by atoms with E-state index < -0.39 is 16.1 Å². The van der Waals surface area contributed by atoms with Crippen LogP contribution >= 0.6 is 0 Å². The van der Waals surface area contributed by atoms with Crippen LogP contribution in [0, 0.1) is 25.2 Å². The van der Waals surface area contributed by atoms with Crippen LogP contribution in [0.15, 0.2) is 53.4 Å². The lowest BCUT2D eigenvalue weighted by Crippen LogP contribution is -2.31. The molecule has 8 heteroatoms. The average molecular weight is 481 g/mol. The van der Waals surface area contributed by atoms with Crippen molar-refractivity contribution in [1.29, 1.82) is 0 Å². The van der Waals surface area contributed by atoms with E-state index in [0.29, 0.717) is 18.2 Å². The van der Waals surface area contributed by atoms with Crippen molar-refractivity contribution in [2.45, 2.75) is 52.0 Å². The molecule has 2 heterocycles. The highest BCUT2D eigenvalue weighted by atomic mass is 32.2. The molecule has 34 heavy (non-hydrogen) atoms. The standard InChI is InChI=1S/C26H32N4O3S/c1-16-8-6-9-17(2)23(16)21-13-22-29-25(28-21)30-34(31,32)20-11-7-10-18(12-20)24(27)19(15-33-22)14-26(3,4)5/h6-13,19,24H,14-15,27H2,1-5H3,(H,28,29,30)/t19-,24?/m1/s1. The summed E-state index contributed by atoms with van der Waals surface area (Å²) in [5.41, 5.74) is 11.0. The minimum atomic E-state index is -3.93. The van der Waals surface area contributed by atoms with Gasteiger partial charge in [-0.2, -0.15) is 4.98 Å². The minimum absolute atomic E-state index is 0.00815. The Kier molecular flexibility index (Phi) is 6.40. The summed E-state index contributed by atoms with van der Waals surface area (Å²) in [7, 11) is -3.93. The molecule has 7 nitrogen and oxygen atoms in total. The molecule has 180 valence electrons. The molecule has 1 unspecified atom stereocenters. The summed E-state index contributed by atoms with van der Waals surface area (Å²) >= 11 is 0. The number of nitrogens with zero attached hydrogens (tertiary/aromatic N) is 2. The van der Waals surface area contributed by atoms with Crippen molar-refractivity contribution in [2.75, 3.05) is 11.3 Å². The number of nitrogens with one attached hydrogen (secondary N) is 1. The summed E-state index contributed by atoms with van der Waals surface area (Å²) in [6, 6.07) is 14.1. The zero-order chi connectivity index (χ0) is 24.7. The first-order valence-corrected chi connectivity index (χ1v) is 12.9. The molecule has 0 fully saturated rings. The molecular formula is C26H32N4O3S. The smallest absolute Gasteiger partial charge is 0.264 e. The Morgan fingerprint density at radius 2 is 1.74 bits per heavy atom. The Bertz CT molecular complexity index is 1300. The quantitative estimate of drug-likeness (QED) is 0.534. The molecule has 0 amide bonds. The summed E-state index contributed by atoms with van der Waals surface area (Å²) in [4.78, 5) is 9.05. The fraction of sp³-hybridized carbons (Fsp3) is 0.385. The highest BCUT2D eigenvalue weighted by Gasteiger charge is 2.28. The first-order chi connectivity index (χ1) is 15.9. The third-order valence-electron chi connectivity index (χ3n) is 6.05. The largest absolute Gasteiger partial charge is 0.477 e. The monoisotopic (exact) mass is 480 g/mol. The van der Waals surface area contributed by atoms with Crippen LogP contribution in [-0.2, 0) is 10.0 Å². The van der Waals surface area contributed by atoms with Crippen LogP contribution in [0.25, 0.3) is 11.3 Å². The number of anilines is 1. The minimum Gasteiger partial charge on any atom is -0.477 e. The maximum absolute atomic E-state index is 13.2. The van der Waals surface area contributed by atoms with Crippen LogP contribution in [0.5, 0.6) is 5.88 Å². The number of nitrogens with two attached hydrogens (primary N) is 1. The van der Waals surface area contributed by atoms with Crippen molar-refractivity contribution in [3.63, 3.8) is 0 Å². The lowest BCUT2D eigenvalue weighted by molar-refractivity contribution is 0.168. The van der Waals surface area contributed by atoms with Gasteiger partial charge in [0, 0.05) is 23.6 Å². The topological polar surface area (TPSA) is 107 Å². The Hall–Kier alpha value is -2.97. The van der Waals surface area contributed by atoms with Gasteiger partial charge in [0.05, 0.1) is 17.2 Å². The van der Waals surface area contributed by atoms with Gasteiger partial charge >= 0.3 is 0 Å². The van der Waals surface area contributed by atoms with E-state index in [1.54, 1.807) is 24.3 Å². The van der Waals surface area contributed by atoms with Gasteiger partial charge in [0.25, 0.3) is 10.0 Å².